The number of aromatic nitrogens is 3. The van der Waals surface area contributed by atoms with Crippen molar-refractivity contribution in [1.82, 2.24) is 20.1 Å². The Labute approximate surface area is 269 Å². The van der Waals surface area contributed by atoms with Gasteiger partial charge < -0.3 is 19.5 Å². The molecule has 5 rings (SSSR count). The fourth-order valence-corrected chi connectivity index (χ4v) is 5.46. The molecule has 0 radical (unpaired) electrons. The largest absolute Gasteiger partial charge is 0.573 e. The zero-order valence-corrected chi connectivity index (χ0v) is 25.8. The molecule has 1 aliphatic carbocycles. The first kappa shape index (κ1) is 33.6. The van der Waals surface area contributed by atoms with Gasteiger partial charge in [-0.2, -0.15) is 4.99 Å². The maximum Gasteiger partial charge on any atom is 0.573 e. The average Bonchev–Trinajstić information content (AvgIpc) is 3.63. The van der Waals surface area contributed by atoms with Crippen molar-refractivity contribution in [3.05, 3.63) is 89.5 Å². The molecule has 3 amide bonds. The predicted molar refractivity (Wildman–Crippen MR) is 161 cm³/mol. The second-order valence-corrected chi connectivity index (χ2v) is 11.2. The lowest BCUT2D eigenvalue weighted by Gasteiger charge is -2.24. The summed E-state index contributed by atoms with van der Waals surface area (Å²) in [5.41, 5.74) is 2.42. The van der Waals surface area contributed by atoms with Crippen molar-refractivity contribution in [2.24, 2.45) is 4.99 Å². The molecule has 47 heavy (non-hydrogen) atoms. The Hall–Kier alpha value is -4.77. The van der Waals surface area contributed by atoms with Gasteiger partial charge in [0, 0.05) is 18.7 Å². The van der Waals surface area contributed by atoms with Crippen LogP contribution in [-0.4, -0.2) is 63.3 Å². The van der Waals surface area contributed by atoms with Crippen LogP contribution in [0, 0.1) is 6.92 Å². The fraction of sp³-hybridized carbons (Fsp3) is 0.300. The molecule has 3 aromatic rings. The molecule has 2 aliphatic rings. The molecule has 1 N–H and O–H groups in total. The standard InChI is InChI=1S/C30H27F5N6O5S/c1-16-4-9-21(17(2)44-3)24(10-16)41-26(42)14-47-29(41)38-28(43)37-27-22(31)11-20(12-23(27)32)45-13-25-36-15-40(39-25)18-5-7-19(8-6-18)46-30(33,34)35/h4-12,15,17,22,27H,13-14H2,1-3H3,(H,37,43). The van der Waals surface area contributed by atoms with E-state index in [1.165, 1.54) is 35.2 Å². The number of nitrogens with one attached hydrogen (secondary N) is 1. The van der Waals surface area contributed by atoms with Crippen LogP contribution in [0.15, 0.2) is 77.5 Å². The topological polar surface area (TPSA) is 120 Å². The Morgan fingerprint density at radius 3 is 2.64 bits per heavy atom. The lowest BCUT2D eigenvalue weighted by Crippen LogP contribution is -2.42. The van der Waals surface area contributed by atoms with Crippen LogP contribution in [0.25, 0.3) is 5.69 Å². The van der Waals surface area contributed by atoms with Crippen molar-refractivity contribution in [2.75, 3.05) is 17.8 Å². The van der Waals surface area contributed by atoms with Crippen LogP contribution in [0.4, 0.5) is 32.4 Å². The van der Waals surface area contributed by atoms with E-state index in [1.807, 2.05) is 26.0 Å². The Bertz CT molecular complexity index is 1740. The number of halogens is 5. The van der Waals surface area contributed by atoms with E-state index in [4.69, 9.17) is 9.47 Å². The van der Waals surface area contributed by atoms with E-state index in [0.717, 1.165) is 41.6 Å². The van der Waals surface area contributed by atoms with Crippen molar-refractivity contribution in [3.8, 4) is 11.4 Å². The minimum absolute atomic E-state index is 0.0179. The van der Waals surface area contributed by atoms with E-state index in [2.05, 4.69) is 25.1 Å². The van der Waals surface area contributed by atoms with Gasteiger partial charge in [0.2, 0.25) is 5.91 Å². The van der Waals surface area contributed by atoms with Crippen molar-refractivity contribution in [2.45, 2.75) is 45.1 Å². The molecule has 11 nitrogen and oxygen atoms in total. The van der Waals surface area contributed by atoms with Gasteiger partial charge in [-0.05, 0) is 55.8 Å². The molecule has 3 atom stereocenters. The van der Waals surface area contributed by atoms with Crippen LogP contribution in [0.1, 0.15) is 30.0 Å². The molecule has 0 bridgehead atoms. The highest BCUT2D eigenvalue weighted by Crippen LogP contribution is 2.35. The van der Waals surface area contributed by atoms with Crippen LogP contribution in [0.2, 0.25) is 0 Å². The number of allylic oxidation sites excluding steroid dienone is 1. The summed E-state index contributed by atoms with van der Waals surface area (Å²) < 4.78 is 83.1. The normalized spacial score (nSPS) is 19.8. The van der Waals surface area contributed by atoms with Crippen LogP contribution in [0.3, 0.4) is 0 Å². The number of nitrogens with zero attached hydrogens (tertiary/aromatic N) is 5. The van der Waals surface area contributed by atoms with Crippen molar-refractivity contribution in [3.63, 3.8) is 0 Å². The number of aryl methyl sites for hydroxylation is 1. The minimum atomic E-state index is -4.83. The van der Waals surface area contributed by atoms with Crippen molar-refractivity contribution >= 4 is 34.6 Å². The van der Waals surface area contributed by atoms with Gasteiger partial charge in [0.1, 0.15) is 42.5 Å². The fourth-order valence-electron chi connectivity index (χ4n) is 4.61. The van der Waals surface area contributed by atoms with Crippen molar-refractivity contribution in [1.29, 1.82) is 0 Å². The van der Waals surface area contributed by atoms with Crippen molar-refractivity contribution < 1.29 is 45.8 Å². The van der Waals surface area contributed by atoms with E-state index in [1.54, 1.807) is 6.07 Å². The first-order valence-electron chi connectivity index (χ1n) is 13.9. The van der Waals surface area contributed by atoms with Gasteiger partial charge in [0.15, 0.2) is 11.0 Å². The molecule has 1 aromatic heterocycles. The number of alkyl halides is 4. The zero-order chi connectivity index (χ0) is 33.9. The quantitative estimate of drug-likeness (QED) is 0.274. The highest BCUT2D eigenvalue weighted by Gasteiger charge is 2.35. The second kappa shape index (κ2) is 13.9. The number of benzene rings is 2. The summed E-state index contributed by atoms with van der Waals surface area (Å²) in [6.45, 7) is 3.36. The SMILES string of the molecule is COC(C)c1ccc(C)cc1N1C(=O)CSC1=NC(=O)NC1C(F)=CC(OCc2ncn(-c3ccc(OC(F)(F)F)cc3)n2)=CC1F. The molecule has 1 saturated heterocycles. The number of rotatable bonds is 9. The summed E-state index contributed by atoms with van der Waals surface area (Å²) in [6.07, 6.45) is -4.08. The predicted octanol–water partition coefficient (Wildman–Crippen LogP) is 6.00. The minimum Gasteiger partial charge on any atom is -0.486 e. The summed E-state index contributed by atoms with van der Waals surface area (Å²) >= 11 is 1.02. The number of ether oxygens (including phenoxy) is 3. The van der Waals surface area contributed by atoms with Gasteiger partial charge in [0.05, 0.1) is 23.2 Å². The number of amides is 3. The highest BCUT2D eigenvalue weighted by molar-refractivity contribution is 8.15. The molecule has 0 spiro atoms. The average molecular weight is 679 g/mol. The number of carbonyl (C=O) groups is 2. The Morgan fingerprint density at radius 2 is 1.96 bits per heavy atom. The molecule has 0 saturated carbocycles. The number of anilines is 1. The van der Waals surface area contributed by atoms with Gasteiger partial charge >= 0.3 is 12.4 Å². The van der Waals surface area contributed by atoms with Gasteiger partial charge in [-0.3, -0.25) is 9.69 Å². The third-order valence-electron chi connectivity index (χ3n) is 6.92. The summed E-state index contributed by atoms with van der Waals surface area (Å²) in [5, 5.41) is 6.40. The van der Waals surface area contributed by atoms with Gasteiger partial charge in [-0.1, -0.05) is 23.9 Å². The van der Waals surface area contributed by atoms with Crippen LogP contribution < -0.4 is 15.0 Å². The Kier molecular flexibility index (Phi) is 9.95. The van der Waals surface area contributed by atoms with E-state index in [0.29, 0.717) is 16.9 Å². The lowest BCUT2D eigenvalue weighted by atomic mass is 10.0. The molecule has 2 aromatic carbocycles. The second-order valence-electron chi connectivity index (χ2n) is 10.3. The van der Waals surface area contributed by atoms with Crippen LogP contribution in [0.5, 0.6) is 5.75 Å². The van der Waals surface area contributed by atoms with E-state index in [-0.39, 0.29) is 41.1 Å². The van der Waals surface area contributed by atoms with E-state index >= 15 is 4.39 Å². The molecule has 1 aliphatic heterocycles. The zero-order valence-electron chi connectivity index (χ0n) is 25.0. The Morgan fingerprint density at radius 1 is 1.21 bits per heavy atom. The number of methoxy groups -OCH3 is 1. The first-order valence-corrected chi connectivity index (χ1v) is 14.9. The first-order chi connectivity index (χ1) is 22.3. The summed E-state index contributed by atoms with van der Waals surface area (Å²) in [5.74, 6) is -1.81. The molecule has 2 heterocycles. The third-order valence-corrected chi connectivity index (χ3v) is 7.84. The highest BCUT2D eigenvalue weighted by atomic mass is 32.2. The molecule has 248 valence electrons. The monoisotopic (exact) mass is 678 g/mol. The lowest BCUT2D eigenvalue weighted by molar-refractivity contribution is -0.274. The van der Waals surface area contributed by atoms with E-state index in [9.17, 15) is 27.2 Å². The summed E-state index contributed by atoms with van der Waals surface area (Å²) in [4.78, 5) is 34.9. The maximum atomic E-state index is 15.0. The molecular formula is C30H27F5N6O5S. The Balaban J connectivity index is 1.21. The van der Waals surface area contributed by atoms with Gasteiger partial charge in [-0.15, -0.1) is 18.3 Å². The number of hydrogen-bond donors (Lipinski definition) is 1. The van der Waals surface area contributed by atoms with Gasteiger partial charge in [-0.25, -0.2) is 23.2 Å². The third kappa shape index (κ3) is 8.15. The van der Waals surface area contributed by atoms with Gasteiger partial charge in [0.25, 0.3) is 0 Å². The smallest absolute Gasteiger partial charge is 0.486 e. The molecule has 1 fully saturated rings. The van der Waals surface area contributed by atoms with E-state index < -0.39 is 36.2 Å². The number of urea groups is 1. The number of aliphatic imine (C=N–C) groups is 1. The number of hydrogen-bond acceptors (Lipinski definition) is 8. The molecule has 17 heteroatoms. The number of carbonyl (C=O) groups excluding carboxylic acids is 2. The molecule has 3 unspecified atom stereocenters. The maximum absolute atomic E-state index is 15.0. The number of amidine groups is 1. The van der Waals surface area contributed by atoms with Crippen LogP contribution >= 0.6 is 11.8 Å². The summed E-state index contributed by atoms with van der Waals surface area (Å²) in [7, 11) is 1.53. The van der Waals surface area contributed by atoms with Crippen LogP contribution in [-0.2, 0) is 20.9 Å². The molecular weight excluding hydrogens is 651 g/mol. The number of thioether (sulfide) groups is 1. The summed E-state index contributed by atoms with van der Waals surface area (Å²) in [6, 6.07) is 7.57.